The normalized spacial score (nSPS) is 17.5. The van der Waals surface area contributed by atoms with Crippen LogP contribution in [-0.2, 0) is 0 Å². The molecule has 1 aromatic heterocycles. The second-order valence-corrected chi connectivity index (χ2v) is 7.03. The summed E-state index contributed by atoms with van der Waals surface area (Å²) in [7, 11) is 0. The summed E-state index contributed by atoms with van der Waals surface area (Å²) in [6.07, 6.45) is 3.04. The summed E-state index contributed by atoms with van der Waals surface area (Å²) in [5.74, 6) is -0.0292. The van der Waals surface area contributed by atoms with Gasteiger partial charge in [-0.25, -0.2) is 4.39 Å². The zero-order chi connectivity index (χ0) is 18.6. The van der Waals surface area contributed by atoms with Crippen molar-refractivity contribution in [2.75, 3.05) is 13.1 Å². The van der Waals surface area contributed by atoms with Crippen molar-refractivity contribution in [1.29, 1.82) is 0 Å². The monoisotopic (exact) mass is 363 g/mol. The van der Waals surface area contributed by atoms with Crippen LogP contribution in [0.3, 0.4) is 0 Å². The van der Waals surface area contributed by atoms with Crippen molar-refractivity contribution in [3.05, 3.63) is 77.7 Å². The van der Waals surface area contributed by atoms with E-state index in [2.05, 4.69) is 10.2 Å². The smallest absolute Gasteiger partial charge is 0.271 e. The molecule has 5 heteroatoms. The first-order valence-electron chi connectivity index (χ1n) is 9.36. The first-order chi connectivity index (χ1) is 13.2. The van der Waals surface area contributed by atoms with Gasteiger partial charge in [0.15, 0.2) is 0 Å². The molecule has 0 saturated carbocycles. The Bertz CT molecular complexity index is 905. The zero-order valence-corrected chi connectivity index (χ0v) is 15.1. The summed E-state index contributed by atoms with van der Waals surface area (Å²) in [5.41, 5.74) is 3.34. The third-order valence-corrected chi connectivity index (χ3v) is 5.18. The van der Waals surface area contributed by atoms with Gasteiger partial charge in [-0.05, 0) is 36.6 Å². The fourth-order valence-corrected chi connectivity index (χ4v) is 3.69. The minimum absolute atomic E-state index is 0.0290. The number of rotatable bonds is 3. The van der Waals surface area contributed by atoms with Crippen molar-refractivity contribution in [2.24, 2.45) is 0 Å². The van der Waals surface area contributed by atoms with Crippen LogP contribution in [0.1, 0.15) is 41.2 Å². The van der Waals surface area contributed by atoms with E-state index in [-0.39, 0.29) is 17.6 Å². The maximum absolute atomic E-state index is 13.2. The van der Waals surface area contributed by atoms with Crippen LogP contribution in [0, 0.1) is 5.82 Å². The summed E-state index contributed by atoms with van der Waals surface area (Å²) in [6, 6.07) is 18.3. The van der Waals surface area contributed by atoms with Crippen molar-refractivity contribution in [3.63, 3.8) is 0 Å². The molecule has 4 nitrogen and oxygen atoms in total. The van der Waals surface area contributed by atoms with E-state index in [9.17, 15) is 9.18 Å². The maximum atomic E-state index is 13.2. The second kappa shape index (κ2) is 7.74. The van der Waals surface area contributed by atoms with Crippen LogP contribution < -0.4 is 0 Å². The molecule has 1 fully saturated rings. The van der Waals surface area contributed by atoms with Crippen LogP contribution >= 0.6 is 0 Å². The molecule has 1 aliphatic heterocycles. The van der Waals surface area contributed by atoms with E-state index in [0.29, 0.717) is 12.2 Å². The number of hydrogen-bond acceptors (Lipinski definition) is 2. The van der Waals surface area contributed by atoms with Crippen molar-refractivity contribution in [2.45, 2.75) is 25.2 Å². The minimum atomic E-state index is -0.230. The Labute approximate surface area is 158 Å². The van der Waals surface area contributed by atoms with E-state index >= 15 is 0 Å². The molecular weight excluding hydrogens is 341 g/mol. The van der Waals surface area contributed by atoms with Crippen LogP contribution in [0.4, 0.5) is 4.39 Å². The molecule has 3 aromatic rings. The minimum Gasteiger partial charge on any atom is -0.337 e. The van der Waals surface area contributed by atoms with Gasteiger partial charge in [0.05, 0.1) is 5.69 Å². The molecule has 2 heterocycles. The average Bonchev–Trinajstić information content (AvgIpc) is 3.07. The van der Waals surface area contributed by atoms with Crippen molar-refractivity contribution in [1.82, 2.24) is 15.1 Å². The first kappa shape index (κ1) is 17.5. The van der Waals surface area contributed by atoms with Crippen LogP contribution in [0.15, 0.2) is 60.7 Å². The molecular formula is C22H22FN3O. The Kier molecular flexibility index (Phi) is 5.01. The number of hydrogen-bond donors (Lipinski definition) is 1. The van der Waals surface area contributed by atoms with E-state index in [0.717, 1.165) is 42.6 Å². The quantitative estimate of drug-likeness (QED) is 0.738. The van der Waals surface area contributed by atoms with Gasteiger partial charge in [0.25, 0.3) is 5.91 Å². The summed E-state index contributed by atoms with van der Waals surface area (Å²) in [6.45, 7) is 1.38. The SMILES string of the molecule is O=C(c1cc(-c2ccccc2)n[nH]1)N1CCCCC(c2ccc(F)cc2)C1. The van der Waals surface area contributed by atoms with Crippen LogP contribution in [0.5, 0.6) is 0 Å². The van der Waals surface area contributed by atoms with Gasteiger partial charge in [0.1, 0.15) is 11.5 Å². The first-order valence-corrected chi connectivity index (χ1v) is 9.36. The molecule has 2 aromatic carbocycles. The fourth-order valence-electron chi connectivity index (χ4n) is 3.69. The number of benzene rings is 2. The maximum Gasteiger partial charge on any atom is 0.271 e. The van der Waals surface area contributed by atoms with E-state index in [1.54, 1.807) is 0 Å². The predicted molar refractivity (Wildman–Crippen MR) is 103 cm³/mol. The molecule has 1 amide bonds. The highest BCUT2D eigenvalue weighted by Crippen LogP contribution is 2.28. The highest BCUT2D eigenvalue weighted by molar-refractivity contribution is 5.93. The topological polar surface area (TPSA) is 49.0 Å². The lowest BCUT2D eigenvalue weighted by molar-refractivity contribution is 0.0748. The highest BCUT2D eigenvalue weighted by Gasteiger charge is 2.25. The summed E-state index contributed by atoms with van der Waals surface area (Å²) in [5, 5.41) is 7.19. The lowest BCUT2D eigenvalue weighted by Gasteiger charge is -2.24. The third kappa shape index (κ3) is 3.92. The number of aromatic amines is 1. The second-order valence-electron chi connectivity index (χ2n) is 7.03. The number of likely N-dealkylation sites (tertiary alicyclic amines) is 1. The molecule has 138 valence electrons. The average molecular weight is 363 g/mol. The van der Waals surface area contributed by atoms with Gasteiger partial charge in [-0.3, -0.25) is 9.89 Å². The Morgan fingerprint density at radius 2 is 1.85 bits per heavy atom. The van der Waals surface area contributed by atoms with Gasteiger partial charge in [-0.2, -0.15) is 5.10 Å². The fraction of sp³-hybridized carbons (Fsp3) is 0.273. The number of aromatic nitrogens is 2. The summed E-state index contributed by atoms with van der Waals surface area (Å²) >= 11 is 0. The molecule has 1 unspecified atom stereocenters. The van der Waals surface area contributed by atoms with Gasteiger partial charge >= 0.3 is 0 Å². The number of carbonyl (C=O) groups excluding carboxylic acids is 1. The predicted octanol–water partition coefficient (Wildman–Crippen LogP) is 4.63. The van der Waals surface area contributed by atoms with E-state index in [1.165, 1.54) is 12.1 Å². The molecule has 0 radical (unpaired) electrons. The number of carbonyl (C=O) groups is 1. The third-order valence-electron chi connectivity index (χ3n) is 5.18. The Morgan fingerprint density at radius 1 is 1.07 bits per heavy atom. The van der Waals surface area contributed by atoms with Gasteiger partial charge in [0.2, 0.25) is 0 Å². The van der Waals surface area contributed by atoms with Crippen molar-refractivity contribution < 1.29 is 9.18 Å². The highest BCUT2D eigenvalue weighted by atomic mass is 19.1. The van der Waals surface area contributed by atoms with Crippen LogP contribution in [-0.4, -0.2) is 34.1 Å². The summed E-state index contributed by atoms with van der Waals surface area (Å²) < 4.78 is 13.2. The number of halogens is 1. The molecule has 1 aliphatic rings. The largest absolute Gasteiger partial charge is 0.337 e. The van der Waals surface area contributed by atoms with Crippen LogP contribution in [0.25, 0.3) is 11.3 Å². The Morgan fingerprint density at radius 3 is 2.63 bits per heavy atom. The molecule has 0 aliphatic carbocycles. The Hall–Kier alpha value is -2.95. The molecule has 0 spiro atoms. The molecule has 1 atom stereocenters. The zero-order valence-electron chi connectivity index (χ0n) is 15.1. The molecule has 1 saturated heterocycles. The van der Waals surface area contributed by atoms with E-state index in [1.807, 2.05) is 53.4 Å². The molecule has 27 heavy (non-hydrogen) atoms. The molecule has 4 rings (SSSR count). The van der Waals surface area contributed by atoms with Gasteiger partial charge in [-0.15, -0.1) is 0 Å². The van der Waals surface area contributed by atoms with E-state index in [4.69, 9.17) is 0 Å². The molecule has 1 N–H and O–H groups in total. The van der Waals surface area contributed by atoms with Crippen LogP contribution in [0.2, 0.25) is 0 Å². The lowest BCUT2D eigenvalue weighted by Crippen LogP contribution is -2.34. The van der Waals surface area contributed by atoms with Gasteiger partial charge in [0, 0.05) is 24.6 Å². The lowest BCUT2D eigenvalue weighted by atomic mass is 9.94. The van der Waals surface area contributed by atoms with Crippen molar-refractivity contribution >= 4 is 5.91 Å². The van der Waals surface area contributed by atoms with Gasteiger partial charge in [-0.1, -0.05) is 48.9 Å². The van der Waals surface area contributed by atoms with Gasteiger partial charge < -0.3 is 4.90 Å². The number of nitrogens with one attached hydrogen (secondary N) is 1. The Balaban J connectivity index is 1.52. The number of nitrogens with zero attached hydrogens (tertiary/aromatic N) is 2. The number of amides is 1. The molecule has 0 bridgehead atoms. The standard InChI is InChI=1S/C22H22FN3O/c23-19-11-9-16(10-12-19)18-8-4-5-13-26(15-18)22(27)21-14-20(24-25-21)17-6-2-1-3-7-17/h1-3,6-7,9-12,14,18H,4-5,8,13,15H2,(H,24,25). The van der Waals surface area contributed by atoms with E-state index < -0.39 is 0 Å². The van der Waals surface area contributed by atoms with Crippen molar-refractivity contribution in [3.8, 4) is 11.3 Å². The summed E-state index contributed by atoms with van der Waals surface area (Å²) in [4.78, 5) is 14.9. The number of H-pyrrole nitrogens is 1.